The monoisotopic (exact) mass is 282 g/mol. The van der Waals surface area contributed by atoms with Crippen molar-refractivity contribution in [2.75, 3.05) is 0 Å². The van der Waals surface area contributed by atoms with Crippen LogP contribution in [0.3, 0.4) is 0 Å². The molecule has 0 aromatic carbocycles. The molecular weight excluding hydrogens is 260 g/mol. The van der Waals surface area contributed by atoms with Crippen molar-refractivity contribution in [1.29, 1.82) is 0 Å². The molecule has 0 heterocycles. The van der Waals surface area contributed by atoms with E-state index in [0.717, 1.165) is 5.57 Å². The van der Waals surface area contributed by atoms with Gasteiger partial charge in [-0.3, -0.25) is 0 Å². The van der Waals surface area contributed by atoms with Gasteiger partial charge in [0.15, 0.2) is 0 Å². The molecule has 0 bridgehead atoms. The molecule has 0 saturated carbocycles. The van der Waals surface area contributed by atoms with E-state index >= 15 is 0 Å². The molecule has 5 heteroatoms. The molecule has 0 fully saturated rings. The average molecular weight is 282 g/mol. The third-order valence-electron chi connectivity index (χ3n) is 3.05. The summed E-state index contributed by atoms with van der Waals surface area (Å²) in [6.07, 6.45) is -4.11. The number of aliphatic hydroxyl groups excluding tert-OH is 1. The van der Waals surface area contributed by atoms with Gasteiger partial charge in [-0.05, 0) is 45.1 Å². The molecule has 0 saturated heterocycles. The van der Waals surface area contributed by atoms with Gasteiger partial charge in [0.05, 0.1) is 0 Å². The fraction of sp³-hybridized carbons (Fsp3) is 0.714. The molecule has 3 atom stereocenters. The first kappa shape index (κ1) is 18.2. The lowest BCUT2D eigenvalue weighted by molar-refractivity contribution is -0.241. The quantitative estimate of drug-likeness (QED) is 0.535. The first-order valence-corrected chi connectivity index (χ1v) is 6.25. The van der Waals surface area contributed by atoms with Gasteiger partial charge in [-0.1, -0.05) is 25.2 Å². The molecule has 1 N–H and O–H groups in total. The Morgan fingerprint density at radius 2 is 1.79 bits per heavy atom. The van der Waals surface area contributed by atoms with Crippen LogP contribution >= 0.6 is 0 Å². The fourth-order valence-electron chi connectivity index (χ4n) is 1.77. The van der Waals surface area contributed by atoms with Crippen LogP contribution in [0.2, 0.25) is 0 Å². The molecule has 0 aliphatic carbocycles. The highest BCUT2D eigenvalue weighted by Crippen LogP contribution is 2.39. The maximum atomic E-state index is 13.7. The average Bonchev–Trinajstić information content (AvgIpc) is 2.25. The minimum Gasteiger partial charge on any atom is -0.389 e. The minimum absolute atomic E-state index is 0.139. The second-order valence-corrected chi connectivity index (χ2v) is 5.19. The van der Waals surface area contributed by atoms with E-state index < -0.39 is 17.9 Å². The van der Waals surface area contributed by atoms with Crippen LogP contribution < -0.4 is 0 Å². The van der Waals surface area contributed by atoms with E-state index in [1.165, 1.54) is 0 Å². The Balaban J connectivity index is 4.54. The summed E-state index contributed by atoms with van der Waals surface area (Å²) in [7, 11) is 0. The first-order chi connectivity index (χ1) is 8.54. The van der Waals surface area contributed by atoms with Crippen molar-refractivity contribution in [3.05, 3.63) is 24.3 Å². The summed E-state index contributed by atoms with van der Waals surface area (Å²) in [6, 6.07) is 0. The summed E-state index contributed by atoms with van der Waals surface area (Å²) >= 11 is 0. The zero-order valence-electron chi connectivity index (χ0n) is 11.6. The normalized spacial score (nSPS) is 18.3. The maximum Gasteiger partial charge on any atom is 0.428 e. The minimum atomic E-state index is -5.15. The third kappa shape index (κ3) is 5.35. The Hall–Kier alpha value is -0.840. The van der Waals surface area contributed by atoms with Gasteiger partial charge >= 0.3 is 6.18 Å². The van der Waals surface area contributed by atoms with Gasteiger partial charge in [0.2, 0.25) is 5.67 Å². The molecule has 0 unspecified atom stereocenters. The molecule has 19 heavy (non-hydrogen) atoms. The largest absolute Gasteiger partial charge is 0.428 e. The molecule has 0 spiro atoms. The Kier molecular flexibility index (Phi) is 6.77. The lowest BCUT2D eigenvalue weighted by Gasteiger charge is -2.30. The van der Waals surface area contributed by atoms with Crippen LogP contribution in [0, 0.1) is 5.92 Å². The summed E-state index contributed by atoms with van der Waals surface area (Å²) in [4.78, 5) is 0. The number of aliphatic hydroxyl groups is 1. The van der Waals surface area contributed by atoms with Crippen LogP contribution in [0.1, 0.15) is 40.0 Å². The summed E-state index contributed by atoms with van der Waals surface area (Å²) in [5.41, 5.74) is -2.62. The summed E-state index contributed by atoms with van der Waals surface area (Å²) in [6.45, 7) is 8.39. The topological polar surface area (TPSA) is 20.2 Å². The smallest absolute Gasteiger partial charge is 0.389 e. The lowest BCUT2D eigenvalue weighted by Crippen LogP contribution is -2.49. The number of rotatable bonds is 7. The second-order valence-electron chi connectivity index (χ2n) is 5.19. The number of hydrogen-bond donors (Lipinski definition) is 1. The SMILES string of the molecule is C=C[C@@](F)([C@@H](O)C[C@@H](C)CCC=C(C)C)C(F)(F)F. The molecule has 0 aromatic rings. The van der Waals surface area contributed by atoms with Gasteiger partial charge in [0.1, 0.15) is 6.10 Å². The fourth-order valence-corrected chi connectivity index (χ4v) is 1.77. The molecule has 0 rings (SSSR count). The van der Waals surface area contributed by atoms with Crippen molar-refractivity contribution in [1.82, 2.24) is 0 Å². The highest BCUT2D eigenvalue weighted by molar-refractivity contribution is 5.07. The molecule has 0 radical (unpaired) electrons. The summed E-state index contributed by atoms with van der Waals surface area (Å²) < 4.78 is 51.4. The highest BCUT2D eigenvalue weighted by Gasteiger charge is 2.58. The van der Waals surface area contributed by atoms with Crippen LogP contribution in [0.4, 0.5) is 17.6 Å². The van der Waals surface area contributed by atoms with E-state index in [0.29, 0.717) is 12.8 Å². The maximum absolute atomic E-state index is 13.7. The van der Waals surface area contributed by atoms with Gasteiger partial charge in [-0.25, -0.2) is 4.39 Å². The molecule has 0 amide bonds. The molecule has 1 nitrogen and oxygen atoms in total. The van der Waals surface area contributed by atoms with E-state index in [4.69, 9.17) is 0 Å². The van der Waals surface area contributed by atoms with Crippen LogP contribution in [0.5, 0.6) is 0 Å². The Bertz CT molecular complexity index is 318. The number of halogens is 4. The van der Waals surface area contributed by atoms with Crippen molar-refractivity contribution >= 4 is 0 Å². The molecule has 0 aliphatic rings. The number of allylic oxidation sites excluding steroid dienone is 2. The zero-order chi connectivity index (χ0) is 15.3. The van der Waals surface area contributed by atoms with Crippen molar-refractivity contribution in [3.63, 3.8) is 0 Å². The second kappa shape index (κ2) is 7.08. The van der Waals surface area contributed by atoms with E-state index in [2.05, 4.69) is 6.58 Å². The molecular formula is C14H22F4O. The predicted octanol–water partition coefficient (Wildman–Crippen LogP) is 4.58. The number of alkyl halides is 4. The first-order valence-electron chi connectivity index (χ1n) is 6.25. The highest BCUT2D eigenvalue weighted by atomic mass is 19.4. The number of hydrogen-bond acceptors (Lipinski definition) is 1. The van der Waals surface area contributed by atoms with Gasteiger partial charge < -0.3 is 5.11 Å². The van der Waals surface area contributed by atoms with E-state index in [1.807, 2.05) is 19.9 Å². The molecule has 0 aliphatic heterocycles. The Morgan fingerprint density at radius 1 is 1.26 bits per heavy atom. The van der Waals surface area contributed by atoms with E-state index in [1.54, 1.807) is 6.92 Å². The van der Waals surface area contributed by atoms with Crippen molar-refractivity contribution in [3.8, 4) is 0 Å². The van der Waals surface area contributed by atoms with Gasteiger partial charge in [-0.2, -0.15) is 13.2 Å². The molecule has 0 aromatic heterocycles. The third-order valence-corrected chi connectivity index (χ3v) is 3.05. The van der Waals surface area contributed by atoms with E-state index in [-0.39, 0.29) is 18.4 Å². The van der Waals surface area contributed by atoms with Gasteiger partial charge in [0.25, 0.3) is 0 Å². The lowest BCUT2D eigenvalue weighted by atomic mass is 9.88. The summed E-state index contributed by atoms with van der Waals surface area (Å²) in [5.74, 6) is -0.206. The zero-order valence-corrected chi connectivity index (χ0v) is 11.6. The van der Waals surface area contributed by atoms with Crippen molar-refractivity contribution in [2.45, 2.75) is 58.0 Å². The van der Waals surface area contributed by atoms with Crippen LogP contribution in [-0.2, 0) is 0 Å². The van der Waals surface area contributed by atoms with Crippen LogP contribution in [0.15, 0.2) is 24.3 Å². The summed E-state index contributed by atoms with van der Waals surface area (Å²) in [5, 5.41) is 9.50. The van der Waals surface area contributed by atoms with Crippen molar-refractivity contribution in [2.24, 2.45) is 5.92 Å². The van der Waals surface area contributed by atoms with Crippen LogP contribution in [0.25, 0.3) is 0 Å². The standard InChI is InChI=1S/C14H22F4O/c1-5-13(15,14(16,17)18)12(19)9-11(4)8-6-7-10(2)3/h5,7,11-12,19H,1,6,8-9H2,2-4H3/t11-,12-,13+/m0/s1. The predicted molar refractivity (Wildman–Crippen MR) is 68.5 cm³/mol. The van der Waals surface area contributed by atoms with Gasteiger partial charge in [-0.15, -0.1) is 0 Å². The van der Waals surface area contributed by atoms with Crippen molar-refractivity contribution < 1.29 is 22.7 Å². The van der Waals surface area contributed by atoms with Crippen LogP contribution in [-0.4, -0.2) is 23.1 Å². The molecule has 112 valence electrons. The van der Waals surface area contributed by atoms with Gasteiger partial charge in [0, 0.05) is 0 Å². The van der Waals surface area contributed by atoms with E-state index in [9.17, 15) is 22.7 Å². The Morgan fingerprint density at radius 3 is 2.16 bits per heavy atom. The Labute approximate surface area is 112 Å².